The van der Waals surface area contributed by atoms with Crippen molar-refractivity contribution >= 4 is 56.1 Å². The van der Waals surface area contributed by atoms with Crippen molar-refractivity contribution in [3.05, 3.63) is 142 Å². The van der Waals surface area contributed by atoms with E-state index in [2.05, 4.69) is 40.2 Å². The van der Waals surface area contributed by atoms with Gasteiger partial charge in [0.25, 0.3) is 0 Å². The van der Waals surface area contributed by atoms with Crippen LogP contribution >= 0.6 is 23.1 Å². The maximum Gasteiger partial charge on any atom is 0.177 e. The second-order valence-corrected chi connectivity index (χ2v) is 13.0. The Morgan fingerprint density at radius 3 is 2.03 bits per heavy atom. The van der Waals surface area contributed by atoms with Crippen molar-refractivity contribution in [2.24, 2.45) is 0 Å². The molecular formula is C32H24BrO2P. The van der Waals surface area contributed by atoms with E-state index in [9.17, 15) is 5.11 Å². The van der Waals surface area contributed by atoms with Gasteiger partial charge in [-0.3, -0.25) is 0 Å². The highest BCUT2D eigenvalue weighted by atomic mass is 79.9. The van der Waals surface area contributed by atoms with E-state index in [4.69, 9.17) is 0 Å². The van der Waals surface area contributed by atoms with E-state index in [0.29, 0.717) is 16.2 Å². The van der Waals surface area contributed by atoms with Crippen LogP contribution < -0.4 is 21.0 Å². The molecule has 176 valence electrons. The number of benzene rings is 5. The van der Waals surface area contributed by atoms with E-state index in [1.165, 1.54) is 0 Å². The van der Waals surface area contributed by atoms with Gasteiger partial charge >= 0.3 is 0 Å². The molecule has 5 aromatic rings. The van der Waals surface area contributed by atoms with Gasteiger partial charge in [0.15, 0.2) is 12.5 Å². The number of fused-ring (bicyclic) bond motifs is 2. The summed E-state index contributed by atoms with van der Waals surface area (Å²) in [6, 6.07) is 39.3. The normalized spacial score (nSPS) is 17.4. The fourth-order valence-corrected chi connectivity index (χ4v) is 9.06. The molecule has 4 heteroatoms. The van der Waals surface area contributed by atoms with Crippen molar-refractivity contribution < 1.29 is 9.67 Å². The summed E-state index contributed by atoms with van der Waals surface area (Å²) in [6.45, 7) is 0. The van der Waals surface area contributed by atoms with Crippen LogP contribution in [-0.2, 0) is 4.57 Å². The van der Waals surface area contributed by atoms with E-state index in [0.717, 1.165) is 31.2 Å². The van der Waals surface area contributed by atoms with Crippen molar-refractivity contribution in [2.75, 3.05) is 0 Å². The van der Waals surface area contributed by atoms with E-state index in [-0.39, 0.29) is 6.42 Å². The maximum atomic E-state index is 15.6. The minimum atomic E-state index is -3.60. The molecule has 6 rings (SSSR count). The Kier molecular flexibility index (Phi) is 5.80. The maximum absolute atomic E-state index is 15.6. The summed E-state index contributed by atoms with van der Waals surface area (Å²) in [5.41, 5.74) is 1.61. The summed E-state index contributed by atoms with van der Waals surface area (Å²) in [6.07, 6.45) is 2.25. The van der Waals surface area contributed by atoms with E-state index in [1.807, 2.05) is 103 Å². The predicted octanol–water partition coefficient (Wildman–Crippen LogP) is 5.69. The minimum absolute atomic E-state index is 0.232. The third kappa shape index (κ3) is 3.54. The van der Waals surface area contributed by atoms with Crippen molar-refractivity contribution in [3.8, 4) is 0 Å². The highest BCUT2D eigenvalue weighted by Crippen LogP contribution is 2.61. The molecule has 0 bridgehead atoms. The van der Waals surface area contributed by atoms with Crippen LogP contribution in [0.1, 0.15) is 12.0 Å². The van der Waals surface area contributed by atoms with Gasteiger partial charge in [-0.1, -0.05) is 131 Å². The lowest BCUT2D eigenvalue weighted by Gasteiger charge is -2.40. The third-order valence-corrected chi connectivity index (χ3v) is 11.1. The Bertz CT molecular complexity index is 1710. The average Bonchev–Trinajstić information content (AvgIpc) is 2.93. The number of rotatable bonds is 4. The van der Waals surface area contributed by atoms with Gasteiger partial charge in [-0.2, -0.15) is 0 Å². The second-order valence-electron chi connectivity index (χ2n) is 9.14. The molecule has 0 spiro atoms. The highest BCUT2D eigenvalue weighted by molar-refractivity contribution is 9.10. The molecule has 0 fully saturated rings. The molecule has 0 saturated heterocycles. The monoisotopic (exact) mass is 550 g/mol. The lowest BCUT2D eigenvalue weighted by Crippen LogP contribution is -2.47. The lowest BCUT2D eigenvalue weighted by molar-refractivity contribution is 0.190. The minimum Gasteiger partial charge on any atom is -0.376 e. The average molecular weight is 551 g/mol. The van der Waals surface area contributed by atoms with Gasteiger partial charge < -0.3 is 9.67 Å². The Morgan fingerprint density at radius 1 is 0.722 bits per heavy atom. The van der Waals surface area contributed by atoms with E-state index in [1.54, 1.807) is 0 Å². The summed E-state index contributed by atoms with van der Waals surface area (Å²) in [4.78, 5) is 0. The van der Waals surface area contributed by atoms with Crippen LogP contribution in [0.25, 0.3) is 22.4 Å². The van der Waals surface area contributed by atoms with Crippen LogP contribution in [0.15, 0.2) is 126 Å². The second kappa shape index (κ2) is 9.01. The van der Waals surface area contributed by atoms with Crippen molar-refractivity contribution in [2.45, 2.75) is 11.8 Å². The fraction of sp³-hybridized carbons (Fsp3) is 0.0625. The van der Waals surface area contributed by atoms with Crippen LogP contribution in [0, 0.1) is 0 Å². The Morgan fingerprint density at radius 2 is 1.33 bits per heavy atom. The quantitative estimate of drug-likeness (QED) is 0.292. The van der Waals surface area contributed by atoms with Crippen LogP contribution in [-0.4, -0.2) is 10.4 Å². The van der Waals surface area contributed by atoms with Crippen LogP contribution in [0.5, 0.6) is 0 Å². The Hall–Kier alpha value is -3.23. The smallest absolute Gasteiger partial charge is 0.177 e. The van der Waals surface area contributed by atoms with Gasteiger partial charge in [-0.15, -0.1) is 0 Å². The molecule has 5 aromatic carbocycles. The zero-order chi connectivity index (χ0) is 24.8. The summed E-state index contributed by atoms with van der Waals surface area (Å²) in [7, 11) is -3.60. The first kappa shape index (κ1) is 23.2. The molecule has 0 radical (unpaired) electrons. The molecule has 1 atom stereocenters. The molecule has 0 aromatic heterocycles. The highest BCUT2D eigenvalue weighted by Gasteiger charge is 2.52. The number of hydrogen-bond acceptors (Lipinski definition) is 2. The van der Waals surface area contributed by atoms with E-state index < -0.39 is 12.5 Å². The fourth-order valence-electron chi connectivity index (χ4n) is 5.44. The first-order valence-corrected chi connectivity index (χ1v) is 14.4. The molecule has 1 aliphatic rings. The SMILES string of the molecule is O=P(c1ccccc1)(c1ccccc1)[C@]1(O)CC=c2cc(Br)ccc2=C1c1cccc2ccccc12. The van der Waals surface area contributed by atoms with Gasteiger partial charge in [0.2, 0.25) is 0 Å². The molecule has 2 nitrogen and oxygen atoms in total. The number of aliphatic hydroxyl groups is 1. The summed E-state index contributed by atoms with van der Waals surface area (Å²) in [5, 5.41) is 16.6. The van der Waals surface area contributed by atoms with Gasteiger partial charge in [0, 0.05) is 27.1 Å². The zero-order valence-corrected chi connectivity index (χ0v) is 22.0. The van der Waals surface area contributed by atoms with Gasteiger partial charge in [-0.05, 0) is 38.9 Å². The first-order valence-electron chi connectivity index (χ1n) is 11.9. The molecule has 0 heterocycles. The van der Waals surface area contributed by atoms with Crippen LogP contribution in [0.3, 0.4) is 0 Å². The Labute approximate surface area is 218 Å². The topological polar surface area (TPSA) is 37.3 Å². The van der Waals surface area contributed by atoms with Crippen LogP contribution in [0.4, 0.5) is 0 Å². The standard InChI is InChI=1S/C32H24BrO2P/c33-25-18-19-29-24(22-25)20-21-32(34,31(29)30-17-9-11-23-10-7-8-16-28(23)30)36(35,26-12-3-1-4-13-26)27-14-5-2-6-15-27/h1-20,22,34H,21H2/t32-/m1/s1. The molecule has 0 saturated carbocycles. The number of halogens is 1. The molecule has 0 aliphatic heterocycles. The van der Waals surface area contributed by atoms with Gasteiger partial charge in [-0.25, -0.2) is 0 Å². The van der Waals surface area contributed by atoms with Crippen molar-refractivity contribution in [1.82, 2.24) is 0 Å². The predicted molar refractivity (Wildman–Crippen MR) is 154 cm³/mol. The molecule has 0 unspecified atom stereocenters. The first-order chi connectivity index (χ1) is 17.5. The largest absolute Gasteiger partial charge is 0.376 e. The summed E-state index contributed by atoms with van der Waals surface area (Å²) < 4.78 is 16.6. The van der Waals surface area contributed by atoms with Gasteiger partial charge in [0.1, 0.15) is 0 Å². The van der Waals surface area contributed by atoms with Crippen molar-refractivity contribution in [1.29, 1.82) is 0 Å². The van der Waals surface area contributed by atoms with E-state index >= 15 is 4.57 Å². The van der Waals surface area contributed by atoms with Crippen molar-refractivity contribution in [3.63, 3.8) is 0 Å². The molecular weight excluding hydrogens is 527 g/mol. The lowest BCUT2D eigenvalue weighted by atomic mass is 9.88. The summed E-state index contributed by atoms with van der Waals surface area (Å²) in [5.74, 6) is 0. The van der Waals surface area contributed by atoms with Gasteiger partial charge in [0.05, 0.1) is 0 Å². The molecule has 1 aliphatic carbocycles. The molecule has 1 N–H and O–H groups in total. The molecule has 36 heavy (non-hydrogen) atoms. The number of hydrogen-bond donors (Lipinski definition) is 1. The third-order valence-electron chi connectivity index (χ3n) is 7.11. The Balaban J connectivity index is 1.78. The molecule has 0 amide bonds. The van der Waals surface area contributed by atoms with Crippen LogP contribution in [0.2, 0.25) is 0 Å². The summed E-state index contributed by atoms with van der Waals surface area (Å²) >= 11 is 3.60. The zero-order valence-electron chi connectivity index (χ0n) is 19.5.